The van der Waals surface area contributed by atoms with Gasteiger partial charge in [-0.05, 0) is 31.2 Å². The minimum Gasteiger partial charge on any atom is -0.493 e. The lowest BCUT2D eigenvalue weighted by atomic mass is 10.0. The van der Waals surface area contributed by atoms with Crippen LogP contribution in [-0.2, 0) is 4.74 Å². The molecular formula is C19H17NO3. The van der Waals surface area contributed by atoms with Crippen molar-refractivity contribution in [2.24, 2.45) is 0 Å². The van der Waals surface area contributed by atoms with E-state index in [1.807, 2.05) is 55.5 Å². The molecule has 0 spiro atoms. The maximum atomic E-state index is 12.1. The summed E-state index contributed by atoms with van der Waals surface area (Å²) in [4.78, 5) is 16.8. The zero-order valence-electron chi connectivity index (χ0n) is 13.1. The first-order chi connectivity index (χ1) is 11.2. The average Bonchev–Trinajstić information content (AvgIpc) is 2.61. The highest BCUT2D eigenvalue weighted by Crippen LogP contribution is 2.31. The third-order valence-corrected chi connectivity index (χ3v) is 3.58. The molecule has 0 aliphatic carbocycles. The minimum absolute atomic E-state index is 0.376. The molecule has 0 atom stereocenters. The molecule has 0 bridgehead atoms. The van der Waals surface area contributed by atoms with Gasteiger partial charge in [0.1, 0.15) is 5.75 Å². The van der Waals surface area contributed by atoms with Crippen molar-refractivity contribution in [3.8, 4) is 17.0 Å². The number of nitrogens with zero attached hydrogens (tertiary/aromatic N) is 1. The molecule has 0 saturated heterocycles. The Morgan fingerprint density at radius 3 is 2.61 bits per heavy atom. The Labute approximate surface area is 134 Å². The van der Waals surface area contributed by atoms with Crippen LogP contribution in [-0.4, -0.2) is 24.7 Å². The number of ether oxygens (including phenoxy) is 2. The predicted octanol–water partition coefficient (Wildman–Crippen LogP) is 4.09. The summed E-state index contributed by atoms with van der Waals surface area (Å²) in [5.41, 5.74) is 2.79. The summed E-state index contributed by atoms with van der Waals surface area (Å²) in [6.07, 6.45) is 0. The van der Waals surface area contributed by atoms with Gasteiger partial charge in [-0.1, -0.05) is 30.3 Å². The Balaban J connectivity index is 2.25. The molecule has 0 aliphatic rings. The predicted molar refractivity (Wildman–Crippen MR) is 89.7 cm³/mol. The average molecular weight is 307 g/mol. The first-order valence-electron chi connectivity index (χ1n) is 7.45. The van der Waals surface area contributed by atoms with Crippen molar-refractivity contribution in [3.63, 3.8) is 0 Å². The van der Waals surface area contributed by atoms with Gasteiger partial charge in [-0.2, -0.15) is 0 Å². The van der Waals surface area contributed by atoms with E-state index in [1.165, 1.54) is 7.11 Å². The van der Waals surface area contributed by atoms with Crippen molar-refractivity contribution < 1.29 is 14.3 Å². The van der Waals surface area contributed by atoms with Gasteiger partial charge in [-0.3, -0.25) is 0 Å². The summed E-state index contributed by atoms with van der Waals surface area (Å²) in [5.74, 6) is 0.368. The Morgan fingerprint density at radius 1 is 1.09 bits per heavy atom. The Bertz CT molecular complexity index is 858. The third kappa shape index (κ3) is 2.88. The van der Waals surface area contributed by atoms with Gasteiger partial charge in [-0.15, -0.1) is 0 Å². The van der Waals surface area contributed by atoms with Crippen LogP contribution in [0.1, 0.15) is 17.3 Å². The Morgan fingerprint density at radius 2 is 1.83 bits per heavy atom. The fraction of sp³-hybridized carbons (Fsp3) is 0.158. The summed E-state index contributed by atoms with van der Waals surface area (Å²) in [6, 6.07) is 17.0. The van der Waals surface area contributed by atoms with E-state index in [9.17, 15) is 4.79 Å². The van der Waals surface area contributed by atoms with Gasteiger partial charge in [0.05, 0.1) is 30.5 Å². The number of hydrogen-bond acceptors (Lipinski definition) is 4. The van der Waals surface area contributed by atoms with Crippen LogP contribution >= 0.6 is 0 Å². The van der Waals surface area contributed by atoms with Crippen molar-refractivity contribution in [3.05, 3.63) is 60.2 Å². The van der Waals surface area contributed by atoms with Gasteiger partial charge in [0.25, 0.3) is 0 Å². The van der Waals surface area contributed by atoms with Crippen LogP contribution in [0.5, 0.6) is 5.75 Å². The smallest absolute Gasteiger partial charge is 0.338 e. The molecule has 1 aromatic heterocycles. The Kier molecular flexibility index (Phi) is 4.24. The topological polar surface area (TPSA) is 48.4 Å². The van der Waals surface area contributed by atoms with Crippen molar-refractivity contribution in [2.75, 3.05) is 13.7 Å². The molecule has 0 radical (unpaired) electrons. The molecule has 3 rings (SSSR count). The highest BCUT2D eigenvalue weighted by Gasteiger charge is 2.15. The number of pyridine rings is 1. The largest absolute Gasteiger partial charge is 0.493 e. The number of fused-ring (bicyclic) bond motifs is 1. The zero-order valence-corrected chi connectivity index (χ0v) is 13.1. The lowest BCUT2D eigenvalue weighted by molar-refractivity contribution is 0.0603. The van der Waals surface area contributed by atoms with Crippen molar-refractivity contribution in [2.45, 2.75) is 6.92 Å². The van der Waals surface area contributed by atoms with Gasteiger partial charge in [-0.25, -0.2) is 9.78 Å². The molecule has 0 amide bonds. The standard InChI is InChI=1S/C19H17NO3/c1-3-23-18-11-7-5-9-14(18)17-12-15(19(21)22-2)13-8-4-6-10-16(13)20-17/h4-12H,3H2,1-2H3. The van der Waals surface area contributed by atoms with E-state index < -0.39 is 0 Å². The van der Waals surface area contributed by atoms with Gasteiger partial charge >= 0.3 is 5.97 Å². The van der Waals surface area contributed by atoms with Crippen molar-refractivity contribution in [1.29, 1.82) is 0 Å². The van der Waals surface area contributed by atoms with E-state index in [4.69, 9.17) is 9.47 Å². The highest BCUT2D eigenvalue weighted by molar-refractivity contribution is 6.04. The molecule has 0 fully saturated rings. The number of hydrogen-bond donors (Lipinski definition) is 0. The van der Waals surface area contributed by atoms with E-state index in [0.29, 0.717) is 17.9 Å². The molecule has 0 unspecified atom stereocenters. The van der Waals surface area contributed by atoms with Gasteiger partial charge < -0.3 is 9.47 Å². The second-order valence-corrected chi connectivity index (χ2v) is 4.99. The number of rotatable bonds is 4. The summed E-state index contributed by atoms with van der Waals surface area (Å²) in [6.45, 7) is 2.50. The molecule has 4 nitrogen and oxygen atoms in total. The number of para-hydroxylation sites is 2. The van der Waals surface area contributed by atoms with E-state index in [2.05, 4.69) is 4.98 Å². The quantitative estimate of drug-likeness (QED) is 0.681. The summed E-state index contributed by atoms with van der Waals surface area (Å²) in [7, 11) is 1.38. The molecule has 23 heavy (non-hydrogen) atoms. The Hall–Kier alpha value is -2.88. The number of aromatic nitrogens is 1. The first-order valence-corrected chi connectivity index (χ1v) is 7.45. The molecule has 116 valence electrons. The number of esters is 1. The lowest BCUT2D eigenvalue weighted by Crippen LogP contribution is -2.04. The van der Waals surface area contributed by atoms with Crippen LogP contribution in [0.4, 0.5) is 0 Å². The van der Waals surface area contributed by atoms with Crippen LogP contribution in [0.3, 0.4) is 0 Å². The minimum atomic E-state index is -0.376. The van der Waals surface area contributed by atoms with E-state index in [1.54, 1.807) is 6.07 Å². The monoisotopic (exact) mass is 307 g/mol. The van der Waals surface area contributed by atoms with E-state index in [0.717, 1.165) is 22.2 Å². The molecule has 4 heteroatoms. The maximum absolute atomic E-state index is 12.1. The molecular weight excluding hydrogens is 290 g/mol. The first kappa shape index (κ1) is 15.0. The van der Waals surface area contributed by atoms with Crippen molar-refractivity contribution >= 4 is 16.9 Å². The lowest BCUT2D eigenvalue weighted by Gasteiger charge is -2.12. The molecule has 3 aromatic rings. The van der Waals surface area contributed by atoms with Crippen LogP contribution in [0.25, 0.3) is 22.2 Å². The molecule has 1 heterocycles. The van der Waals surface area contributed by atoms with Crippen LogP contribution < -0.4 is 4.74 Å². The second kappa shape index (κ2) is 6.48. The second-order valence-electron chi connectivity index (χ2n) is 4.99. The van der Waals surface area contributed by atoms with Crippen molar-refractivity contribution in [1.82, 2.24) is 4.98 Å². The number of methoxy groups -OCH3 is 1. The summed E-state index contributed by atoms with van der Waals surface area (Å²) < 4.78 is 10.6. The van der Waals surface area contributed by atoms with E-state index >= 15 is 0 Å². The molecule has 0 N–H and O–H groups in total. The number of benzene rings is 2. The normalized spacial score (nSPS) is 10.5. The fourth-order valence-corrected chi connectivity index (χ4v) is 2.55. The van der Waals surface area contributed by atoms with Crippen LogP contribution in [0.2, 0.25) is 0 Å². The number of carbonyl (C=O) groups excluding carboxylic acids is 1. The van der Waals surface area contributed by atoms with Gasteiger partial charge in [0.15, 0.2) is 0 Å². The molecule has 0 saturated carbocycles. The third-order valence-electron chi connectivity index (χ3n) is 3.58. The highest BCUT2D eigenvalue weighted by atomic mass is 16.5. The SMILES string of the molecule is CCOc1ccccc1-c1cc(C(=O)OC)c2ccccc2n1. The van der Waals surface area contributed by atoms with Gasteiger partial charge in [0, 0.05) is 10.9 Å². The van der Waals surface area contributed by atoms with Crippen LogP contribution in [0.15, 0.2) is 54.6 Å². The zero-order chi connectivity index (χ0) is 16.2. The number of carbonyl (C=O) groups is 1. The summed E-state index contributed by atoms with van der Waals surface area (Å²) in [5, 5.41) is 0.775. The molecule has 0 aliphatic heterocycles. The molecule has 2 aromatic carbocycles. The fourth-order valence-electron chi connectivity index (χ4n) is 2.55. The summed E-state index contributed by atoms with van der Waals surface area (Å²) >= 11 is 0. The van der Waals surface area contributed by atoms with E-state index in [-0.39, 0.29) is 5.97 Å². The maximum Gasteiger partial charge on any atom is 0.338 e. The van der Waals surface area contributed by atoms with Crippen LogP contribution in [0, 0.1) is 0 Å². The van der Waals surface area contributed by atoms with Gasteiger partial charge in [0.2, 0.25) is 0 Å².